The SMILES string of the molecule is O=C([C@@H]1C[C@H]2CCN(C3CCOCC3)C[C@@H]2O1)N1CCCC1. The fourth-order valence-corrected chi connectivity index (χ4v) is 4.64. The van der Waals surface area contributed by atoms with Gasteiger partial charge in [0.05, 0.1) is 6.10 Å². The molecule has 4 heterocycles. The van der Waals surface area contributed by atoms with Gasteiger partial charge in [0.2, 0.25) is 0 Å². The molecule has 0 N–H and O–H groups in total. The first-order valence-electron chi connectivity index (χ1n) is 9.07. The molecular weight excluding hydrogens is 280 g/mol. The zero-order chi connectivity index (χ0) is 14.9. The number of ether oxygens (including phenoxy) is 2. The summed E-state index contributed by atoms with van der Waals surface area (Å²) < 4.78 is 11.7. The number of carbonyl (C=O) groups is 1. The Morgan fingerprint density at radius 3 is 2.55 bits per heavy atom. The van der Waals surface area contributed by atoms with Gasteiger partial charge in [-0.25, -0.2) is 0 Å². The second kappa shape index (κ2) is 6.46. The largest absolute Gasteiger partial charge is 0.381 e. The van der Waals surface area contributed by atoms with E-state index in [1.165, 1.54) is 13.0 Å². The van der Waals surface area contributed by atoms with E-state index in [9.17, 15) is 4.79 Å². The molecule has 5 heteroatoms. The minimum Gasteiger partial charge on any atom is -0.381 e. The lowest BCUT2D eigenvalue weighted by Gasteiger charge is -2.40. The van der Waals surface area contributed by atoms with E-state index in [0.717, 1.165) is 65.0 Å². The number of hydrogen-bond acceptors (Lipinski definition) is 4. The van der Waals surface area contributed by atoms with Gasteiger partial charge in [-0.3, -0.25) is 9.69 Å². The second-order valence-electron chi connectivity index (χ2n) is 7.32. The number of rotatable bonds is 2. The van der Waals surface area contributed by atoms with Gasteiger partial charge in [-0.1, -0.05) is 0 Å². The van der Waals surface area contributed by atoms with Gasteiger partial charge >= 0.3 is 0 Å². The predicted molar refractivity (Wildman–Crippen MR) is 82.6 cm³/mol. The van der Waals surface area contributed by atoms with E-state index < -0.39 is 0 Å². The van der Waals surface area contributed by atoms with Gasteiger partial charge in [0.1, 0.15) is 6.10 Å². The van der Waals surface area contributed by atoms with Crippen molar-refractivity contribution in [1.82, 2.24) is 9.80 Å². The maximum atomic E-state index is 12.5. The van der Waals surface area contributed by atoms with Gasteiger partial charge in [-0.2, -0.15) is 0 Å². The minimum absolute atomic E-state index is 0.164. The summed E-state index contributed by atoms with van der Waals surface area (Å²) in [5, 5.41) is 0. The van der Waals surface area contributed by atoms with Gasteiger partial charge in [0, 0.05) is 38.9 Å². The van der Waals surface area contributed by atoms with E-state index in [1.807, 2.05) is 4.90 Å². The molecule has 22 heavy (non-hydrogen) atoms. The number of nitrogens with zero attached hydrogens (tertiary/aromatic N) is 2. The van der Waals surface area contributed by atoms with E-state index >= 15 is 0 Å². The molecule has 4 saturated heterocycles. The molecule has 0 spiro atoms. The summed E-state index contributed by atoms with van der Waals surface area (Å²) >= 11 is 0. The van der Waals surface area contributed by atoms with E-state index in [-0.39, 0.29) is 18.1 Å². The van der Waals surface area contributed by atoms with E-state index in [4.69, 9.17) is 9.47 Å². The molecule has 0 aromatic heterocycles. The predicted octanol–water partition coefficient (Wildman–Crippen LogP) is 1.27. The fourth-order valence-electron chi connectivity index (χ4n) is 4.64. The Morgan fingerprint density at radius 2 is 1.77 bits per heavy atom. The number of piperidine rings is 1. The summed E-state index contributed by atoms with van der Waals surface area (Å²) in [6, 6.07) is 0.659. The first-order valence-corrected chi connectivity index (χ1v) is 9.07. The summed E-state index contributed by atoms with van der Waals surface area (Å²) in [6.07, 6.45) is 6.84. The van der Waals surface area contributed by atoms with Gasteiger partial charge in [-0.15, -0.1) is 0 Å². The molecule has 0 aromatic carbocycles. The quantitative estimate of drug-likeness (QED) is 0.770. The second-order valence-corrected chi connectivity index (χ2v) is 7.32. The van der Waals surface area contributed by atoms with E-state index in [0.29, 0.717) is 12.0 Å². The summed E-state index contributed by atoms with van der Waals surface area (Å²) in [4.78, 5) is 17.1. The highest BCUT2D eigenvalue weighted by atomic mass is 16.5. The third-order valence-corrected chi connectivity index (χ3v) is 5.98. The van der Waals surface area contributed by atoms with E-state index in [1.54, 1.807) is 0 Å². The van der Waals surface area contributed by atoms with Crippen LogP contribution in [0.1, 0.15) is 38.5 Å². The molecule has 5 nitrogen and oxygen atoms in total. The third-order valence-electron chi connectivity index (χ3n) is 5.98. The first kappa shape index (κ1) is 14.9. The minimum atomic E-state index is -0.164. The van der Waals surface area contributed by atoms with Crippen molar-refractivity contribution in [2.75, 3.05) is 39.4 Å². The molecule has 0 aliphatic carbocycles. The average Bonchev–Trinajstić information content (AvgIpc) is 3.23. The van der Waals surface area contributed by atoms with Crippen LogP contribution in [0.25, 0.3) is 0 Å². The summed E-state index contributed by atoms with van der Waals surface area (Å²) in [5.41, 5.74) is 0. The molecule has 0 bridgehead atoms. The maximum absolute atomic E-state index is 12.5. The highest BCUT2D eigenvalue weighted by Gasteiger charge is 2.44. The number of hydrogen-bond donors (Lipinski definition) is 0. The molecule has 4 aliphatic rings. The zero-order valence-electron chi connectivity index (χ0n) is 13.4. The maximum Gasteiger partial charge on any atom is 0.251 e. The van der Waals surface area contributed by atoms with Gasteiger partial charge in [0.25, 0.3) is 5.91 Å². The summed E-state index contributed by atoms with van der Waals surface area (Å²) in [6.45, 7) is 5.84. The van der Waals surface area contributed by atoms with Crippen LogP contribution in [-0.2, 0) is 14.3 Å². The van der Waals surface area contributed by atoms with Gasteiger partial charge < -0.3 is 14.4 Å². The highest BCUT2D eigenvalue weighted by molar-refractivity contribution is 5.81. The van der Waals surface area contributed by atoms with Crippen molar-refractivity contribution < 1.29 is 14.3 Å². The van der Waals surface area contributed by atoms with Crippen molar-refractivity contribution in [1.29, 1.82) is 0 Å². The Bertz CT molecular complexity index is 405. The Balaban J connectivity index is 1.34. The fraction of sp³-hybridized carbons (Fsp3) is 0.941. The molecule has 0 radical (unpaired) electrons. The van der Waals surface area contributed by atoms with Crippen LogP contribution >= 0.6 is 0 Å². The molecule has 1 amide bonds. The standard InChI is InChI=1S/C17H28N2O3/c20-17(18-6-1-2-7-18)15-11-13-3-8-19(12-16(13)22-15)14-4-9-21-10-5-14/h13-16H,1-12H2/t13-,15+,16+/m1/s1. The monoisotopic (exact) mass is 308 g/mol. The van der Waals surface area contributed by atoms with Crippen LogP contribution in [-0.4, -0.2) is 73.3 Å². The Labute approximate surface area is 132 Å². The summed E-state index contributed by atoms with van der Waals surface area (Å²) in [5.74, 6) is 0.845. The van der Waals surface area contributed by atoms with Crippen molar-refractivity contribution in [3.63, 3.8) is 0 Å². The molecule has 0 unspecified atom stereocenters. The first-order chi connectivity index (χ1) is 10.8. The lowest BCUT2D eigenvalue weighted by molar-refractivity contribution is -0.142. The summed E-state index contributed by atoms with van der Waals surface area (Å²) in [7, 11) is 0. The Hall–Kier alpha value is -0.650. The molecule has 4 aliphatic heterocycles. The zero-order valence-corrected chi connectivity index (χ0v) is 13.4. The van der Waals surface area contributed by atoms with Crippen molar-refractivity contribution in [3.8, 4) is 0 Å². The molecule has 4 rings (SSSR count). The van der Waals surface area contributed by atoms with Crippen LogP contribution < -0.4 is 0 Å². The Kier molecular flexibility index (Phi) is 4.38. The van der Waals surface area contributed by atoms with Crippen molar-refractivity contribution in [2.45, 2.75) is 56.8 Å². The van der Waals surface area contributed by atoms with E-state index in [2.05, 4.69) is 4.90 Å². The smallest absolute Gasteiger partial charge is 0.251 e. The highest BCUT2D eigenvalue weighted by Crippen LogP contribution is 2.35. The van der Waals surface area contributed by atoms with Gasteiger partial charge in [-0.05, 0) is 51.0 Å². The van der Waals surface area contributed by atoms with Gasteiger partial charge in [0.15, 0.2) is 0 Å². The molecule has 124 valence electrons. The molecule has 4 fully saturated rings. The molecule has 0 saturated carbocycles. The van der Waals surface area contributed by atoms with Crippen LogP contribution in [0, 0.1) is 5.92 Å². The average molecular weight is 308 g/mol. The topological polar surface area (TPSA) is 42.0 Å². The molecule has 3 atom stereocenters. The third kappa shape index (κ3) is 2.91. The molecule has 0 aromatic rings. The normalized spacial score (nSPS) is 37.5. The number of amides is 1. The number of likely N-dealkylation sites (tertiary alicyclic amines) is 2. The van der Waals surface area contributed by atoms with Crippen LogP contribution in [0.2, 0.25) is 0 Å². The Morgan fingerprint density at radius 1 is 1.00 bits per heavy atom. The van der Waals surface area contributed by atoms with Crippen LogP contribution in [0.5, 0.6) is 0 Å². The van der Waals surface area contributed by atoms with Crippen molar-refractivity contribution >= 4 is 5.91 Å². The van der Waals surface area contributed by atoms with Crippen molar-refractivity contribution in [2.24, 2.45) is 5.92 Å². The lowest BCUT2D eigenvalue weighted by Crippen LogP contribution is -2.49. The van der Waals surface area contributed by atoms with Crippen LogP contribution in [0.3, 0.4) is 0 Å². The molecular formula is C17H28N2O3. The van der Waals surface area contributed by atoms with Crippen LogP contribution in [0.15, 0.2) is 0 Å². The van der Waals surface area contributed by atoms with Crippen molar-refractivity contribution in [3.05, 3.63) is 0 Å². The lowest BCUT2D eigenvalue weighted by atomic mass is 9.90. The van der Waals surface area contributed by atoms with Crippen LogP contribution in [0.4, 0.5) is 0 Å². The number of carbonyl (C=O) groups excluding carboxylic acids is 1. The number of fused-ring (bicyclic) bond motifs is 1.